The van der Waals surface area contributed by atoms with E-state index in [9.17, 15) is 13.2 Å². The molecule has 1 amide bonds. The first-order valence-electron chi connectivity index (χ1n) is 11.5. The fraction of sp³-hybridized carbons (Fsp3) is 0.480. The van der Waals surface area contributed by atoms with Crippen LogP contribution in [0.4, 0.5) is 0 Å². The second-order valence-corrected chi connectivity index (χ2v) is 10.7. The minimum absolute atomic E-state index is 0.0991. The summed E-state index contributed by atoms with van der Waals surface area (Å²) in [4.78, 5) is 15.3. The second kappa shape index (κ2) is 10.0. The zero-order valence-corrected chi connectivity index (χ0v) is 19.5. The van der Waals surface area contributed by atoms with Gasteiger partial charge in [0.25, 0.3) is 0 Å². The van der Waals surface area contributed by atoms with Crippen molar-refractivity contribution in [3.8, 4) is 5.75 Å². The zero-order valence-electron chi connectivity index (χ0n) is 18.7. The fourth-order valence-electron chi connectivity index (χ4n) is 4.76. The molecule has 2 aromatic carbocycles. The van der Waals surface area contributed by atoms with Crippen LogP contribution in [0.2, 0.25) is 0 Å². The number of methoxy groups -OCH3 is 1. The largest absolute Gasteiger partial charge is 0.497 e. The van der Waals surface area contributed by atoms with Crippen molar-refractivity contribution in [2.24, 2.45) is 0 Å². The van der Waals surface area contributed by atoms with Crippen LogP contribution in [-0.2, 0) is 27.7 Å². The number of carbonyl (C=O) groups is 1. The number of likely N-dealkylation sites (tertiary alicyclic amines) is 1. The molecular formula is C25H32N2O4S. The molecule has 2 saturated heterocycles. The maximum atomic E-state index is 13.0. The Morgan fingerprint density at radius 1 is 0.969 bits per heavy atom. The van der Waals surface area contributed by atoms with Gasteiger partial charge < -0.3 is 9.64 Å². The van der Waals surface area contributed by atoms with Crippen LogP contribution in [0.3, 0.4) is 0 Å². The lowest BCUT2D eigenvalue weighted by molar-refractivity contribution is -0.131. The predicted octanol–water partition coefficient (Wildman–Crippen LogP) is 3.65. The van der Waals surface area contributed by atoms with Crippen LogP contribution in [0.15, 0.2) is 53.4 Å². The molecule has 6 nitrogen and oxygen atoms in total. The zero-order chi connectivity index (χ0) is 22.6. The molecule has 0 radical (unpaired) electrons. The van der Waals surface area contributed by atoms with Gasteiger partial charge in [0.05, 0.1) is 18.4 Å². The lowest BCUT2D eigenvalue weighted by Crippen LogP contribution is -2.37. The lowest BCUT2D eigenvalue weighted by Gasteiger charge is -2.26. The molecule has 0 spiro atoms. The maximum absolute atomic E-state index is 13.0. The normalized spacial score (nSPS) is 19.8. The topological polar surface area (TPSA) is 66.9 Å². The minimum Gasteiger partial charge on any atom is -0.497 e. The van der Waals surface area contributed by atoms with Gasteiger partial charge >= 0.3 is 0 Å². The summed E-state index contributed by atoms with van der Waals surface area (Å²) in [5, 5.41) is 0. The number of ether oxygens (including phenoxy) is 1. The number of nitrogens with zero attached hydrogens (tertiary/aromatic N) is 2. The first kappa shape index (κ1) is 22.8. The lowest BCUT2D eigenvalue weighted by atomic mass is 10.0. The fourth-order valence-corrected chi connectivity index (χ4v) is 6.27. The van der Waals surface area contributed by atoms with Gasteiger partial charge in [0.1, 0.15) is 5.75 Å². The van der Waals surface area contributed by atoms with Crippen LogP contribution >= 0.6 is 0 Å². The molecule has 0 saturated carbocycles. The molecule has 2 aliphatic heterocycles. The number of carbonyl (C=O) groups excluding carboxylic acids is 1. The molecule has 0 bridgehead atoms. The number of hydrogen-bond acceptors (Lipinski definition) is 4. The molecule has 32 heavy (non-hydrogen) atoms. The smallest absolute Gasteiger partial charge is 0.243 e. The van der Waals surface area contributed by atoms with Gasteiger partial charge in [-0.05, 0) is 67.5 Å². The summed E-state index contributed by atoms with van der Waals surface area (Å²) in [6, 6.07) is 15.0. The second-order valence-electron chi connectivity index (χ2n) is 8.72. The molecule has 2 fully saturated rings. The third-order valence-corrected chi connectivity index (χ3v) is 8.45. The van der Waals surface area contributed by atoms with Gasteiger partial charge in [-0.1, -0.05) is 30.7 Å². The number of piperidine rings is 1. The van der Waals surface area contributed by atoms with Crippen LogP contribution < -0.4 is 4.74 Å². The number of sulfonamides is 1. The Labute approximate surface area is 191 Å². The first-order valence-corrected chi connectivity index (χ1v) is 12.9. The van der Waals surface area contributed by atoms with E-state index < -0.39 is 10.0 Å². The minimum atomic E-state index is -3.44. The van der Waals surface area contributed by atoms with Crippen LogP contribution in [0.5, 0.6) is 5.75 Å². The van der Waals surface area contributed by atoms with Crippen molar-refractivity contribution in [3.63, 3.8) is 0 Å². The molecule has 0 N–H and O–H groups in total. The molecule has 2 aromatic rings. The van der Waals surface area contributed by atoms with Crippen LogP contribution in [0.25, 0.3) is 0 Å². The van der Waals surface area contributed by atoms with Gasteiger partial charge in [0.2, 0.25) is 15.9 Å². The first-order chi connectivity index (χ1) is 15.5. The Morgan fingerprint density at radius 3 is 2.44 bits per heavy atom. The molecule has 0 aliphatic carbocycles. The van der Waals surface area contributed by atoms with E-state index in [4.69, 9.17) is 4.74 Å². The van der Waals surface area contributed by atoms with Gasteiger partial charge in [0.15, 0.2) is 0 Å². The van der Waals surface area contributed by atoms with E-state index in [2.05, 4.69) is 6.07 Å². The number of hydrogen-bond donors (Lipinski definition) is 0. The Bertz CT molecular complexity index is 1030. The van der Waals surface area contributed by atoms with Crippen molar-refractivity contribution in [2.75, 3.05) is 26.7 Å². The summed E-state index contributed by atoms with van der Waals surface area (Å²) in [5.41, 5.74) is 2.01. The molecule has 1 unspecified atom stereocenters. The predicted molar refractivity (Wildman–Crippen MR) is 124 cm³/mol. The quantitative estimate of drug-likeness (QED) is 0.638. The van der Waals surface area contributed by atoms with Crippen LogP contribution in [-0.4, -0.2) is 56.3 Å². The standard InChI is InChI=1S/C25H32N2O4S/c1-31-23-9-5-7-21(18-23)17-22-8-6-16-27(22)25(28)19-20-10-12-24(13-11-20)32(29,30)26-14-3-2-4-15-26/h5,7,9-13,18,22H,2-4,6,8,14-17,19H2,1H3. The monoisotopic (exact) mass is 456 g/mol. The maximum Gasteiger partial charge on any atom is 0.243 e. The van der Waals surface area contributed by atoms with Crippen molar-refractivity contribution in [3.05, 3.63) is 59.7 Å². The molecule has 0 aromatic heterocycles. The summed E-state index contributed by atoms with van der Waals surface area (Å²) < 4.78 is 32.6. The molecule has 4 rings (SSSR count). The molecule has 172 valence electrons. The van der Waals surface area contributed by atoms with E-state index >= 15 is 0 Å². The van der Waals surface area contributed by atoms with E-state index in [1.165, 1.54) is 5.56 Å². The third kappa shape index (κ3) is 5.15. The third-order valence-electron chi connectivity index (χ3n) is 6.53. The molecule has 7 heteroatoms. The Morgan fingerprint density at radius 2 is 1.72 bits per heavy atom. The Balaban J connectivity index is 1.39. The van der Waals surface area contributed by atoms with Crippen molar-refractivity contribution in [1.29, 1.82) is 0 Å². The number of benzene rings is 2. The van der Waals surface area contributed by atoms with E-state index in [0.29, 0.717) is 24.4 Å². The summed E-state index contributed by atoms with van der Waals surface area (Å²) in [6.45, 7) is 1.95. The number of amides is 1. The van der Waals surface area contributed by atoms with Gasteiger partial charge in [-0.2, -0.15) is 4.31 Å². The van der Waals surface area contributed by atoms with E-state index in [1.807, 2.05) is 23.1 Å². The average Bonchev–Trinajstić information content (AvgIpc) is 3.28. The average molecular weight is 457 g/mol. The summed E-state index contributed by atoms with van der Waals surface area (Å²) in [5.74, 6) is 0.931. The molecule has 2 aliphatic rings. The van der Waals surface area contributed by atoms with Gasteiger partial charge in [-0.25, -0.2) is 8.42 Å². The van der Waals surface area contributed by atoms with E-state index in [0.717, 1.165) is 56.4 Å². The van der Waals surface area contributed by atoms with Gasteiger partial charge in [-0.15, -0.1) is 0 Å². The van der Waals surface area contributed by atoms with Gasteiger partial charge in [-0.3, -0.25) is 4.79 Å². The van der Waals surface area contributed by atoms with Crippen molar-refractivity contribution < 1.29 is 17.9 Å². The summed E-state index contributed by atoms with van der Waals surface area (Å²) in [7, 11) is -1.78. The van der Waals surface area contributed by atoms with Crippen molar-refractivity contribution in [2.45, 2.75) is 55.9 Å². The van der Waals surface area contributed by atoms with Crippen LogP contribution in [0.1, 0.15) is 43.2 Å². The summed E-state index contributed by atoms with van der Waals surface area (Å²) >= 11 is 0. The van der Waals surface area contributed by atoms with Crippen molar-refractivity contribution in [1.82, 2.24) is 9.21 Å². The Kier molecular flexibility index (Phi) is 7.16. The highest BCUT2D eigenvalue weighted by Crippen LogP contribution is 2.25. The Hall–Kier alpha value is -2.38. The number of rotatable bonds is 7. The summed E-state index contributed by atoms with van der Waals surface area (Å²) in [6.07, 6.45) is 6.03. The molecule has 1 atom stereocenters. The SMILES string of the molecule is COc1cccc(CC2CCCN2C(=O)Cc2ccc(S(=O)(=O)N3CCCCC3)cc2)c1. The van der Waals surface area contributed by atoms with E-state index in [-0.39, 0.29) is 11.9 Å². The van der Waals surface area contributed by atoms with E-state index in [1.54, 1.807) is 35.7 Å². The van der Waals surface area contributed by atoms with Crippen molar-refractivity contribution >= 4 is 15.9 Å². The highest BCUT2D eigenvalue weighted by atomic mass is 32.2. The molecule has 2 heterocycles. The highest BCUT2D eigenvalue weighted by molar-refractivity contribution is 7.89. The van der Waals surface area contributed by atoms with Crippen LogP contribution in [0, 0.1) is 0 Å². The highest BCUT2D eigenvalue weighted by Gasteiger charge is 2.29. The molecular weight excluding hydrogens is 424 g/mol. The van der Waals surface area contributed by atoms with Gasteiger partial charge in [0, 0.05) is 25.7 Å².